The van der Waals surface area contributed by atoms with E-state index in [1.165, 1.54) is 0 Å². The molecule has 3 aromatic rings. The summed E-state index contributed by atoms with van der Waals surface area (Å²) in [4.78, 5) is 12.6. The van der Waals surface area contributed by atoms with Gasteiger partial charge in [0.25, 0.3) is 0 Å². The zero-order valence-electron chi connectivity index (χ0n) is 17.1. The van der Waals surface area contributed by atoms with Crippen LogP contribution in [0, 0.1) is 0 Å². The van der Waals surface area contributed by atoms with Crippen LogP contribution in [-0.4, -0.2) is 26.0 Å². The van der Waals surface area contributed by atoms with Crippen molar-refractivity contribution in [1.29, 1.82) is 0 Å². The molecule has 0 aliphatic carbocycles. The molecule has 0 aliphatic rings. The van der Waals surface area contributed by atoms with Gasteiger partial charge in [-0.2, -0.15) is 0 Å². The van der Waals surface area contributed by atoms with E-state index in [0.717, 1.165) is 16.7 Å². The summed E-state index contributed by atoms with van der Waals surface area (Å²) in [6.07, 6.45) is 0.363. The Morgan fingerprint density at radius 2 is 1.04 bits per heavy atom. The number of hydrogen-bond donors (Lipinski definition) is 0. The van der Waals surface area contributed by atoms with Crippen molar-refractivity contribution >= 4 is 12.8 Å². The molecule has 0 atom stereocenters. The number of hydrogen-bond acceptors (Lipinski definition) is 2. The molecule has 0 unspecified atom stereocenters. The standard InChI is InChI=1S/C25H29O2P/c1-5-24(26)27-28(2,3,4)25(21-15-9-6-10-16-21,22-17-11-7-12-18-22)23-19-13-8-14-20-23/h6-20H,5H2,1-4H3. The van der Waals surface area contributed by atoms with E-state index in [1.54, 1.807) is 0 Å². The van der Waals surface area contributed by atoms with Crippen molar-refractivity contribution in [3.8, 4) is 0 Å². The first kappa shape index (κ1) is 20.3. The zero-order chi connectivity index (χ0) is 20.3. The van der Waals surface area contributed by atoms with Gasteiger partial charge in [-0.15, -0.1) is 0 Å². The molecule has 0 amide bonds. The summed E-state index contributed by atoms with van der Waals surface area (Å²) in [6.45, 7) is 5.18. The molecule has 0 bridgehead atoms. The minimum absolute atomic E-state index is 0.155. The molecule has 0 N–H and O–H groups in total. The predicted molar refractivity (Wildman–Crippen MR) is 120 cm³/mol. The molecule has 146 valence electrons. The first-order valence-corrected chi connectivity index (χ1v) is 13.2. The third-order valence-corrected chi connectivity index (χ3v) is 9.33. The summed E-state index contributed by atoms with van der Waals surface area (Å²) >= 11 is 0. The third-order valence-electron chi connectivity index (χ3n) is 5.43. The molecule has 0 heterocycles. The second-order valence-corrected chi connectivity index (χ2v) is 14.4. The van der Waals surface area contributed by atoms with Crippen LogP contribution in [0.1, 0.15) is 30.0 Å². The molecule has 0 aromatic heterocycles. The number of carbonyl (C=O) groups is 1. The van der Waals surface area contributed by atoms with Gasteiger partial charge in [-0.25, -0.2) is 0 Å². The van der Waals surface area contributed by atoms with Gasteiger partial charge in [0.15, 0.2) is 0 Å². The van der Waals surface area contributed by atoms with E-state index < -0.39 is 12.0 Å². The van der Waals surface area contributed by atoms with Crippen molar-refractivity contribution in [2.24, 2.45) is 0 Å². The van der Waals surface area contributed by atoms with E-state index in [1.807, 2.05) is 25.1 Å². The van der Waals surface area contributed by atoms with Crippen molar-refractivity contribution in [3.05, 3.63) is 108 Å². The second kappa shape index (κ2) is 7.53. The topological polar surface area (TPSA) is 26.3 Å². The zero-order valence-corrected chi connectivity index (χ0v) is 18.0. The van der Waals surface area contributed by atoms with Gasteiger partial charge < -0.3 is 0 Å². The summed E-state index contributed by atoms with van der Waals surface area (Å²) in [5.74, 6) is -0.155. The second-order valence-electron chi connectivity index (χ2n) is 8.28. The fraction of sp³-hybridized carbons (Fsp3) is 0.240. The summed E-state index contributed by atoms with van der Waals surface area (Å²) in [5, 5.41) is -0.569. The molecule has 0 spiro atoms. The third kappa shape index (κ3) is 3.38. The molecular formula is C25H29O2P. The van der Waals surface area contributed by atoms with Crippen molar-refractivity contribution in [2.45, 2.75) is 18.5 Å². The van der Waals surface area contributed by atoms with Gasteiger partial charge in [-0.1, -0.05) is 0 Å². The summed E-state index contributed by atoms with van der Waals surface area (Å²) < 4.78 is 6.39. The number of rotatable bonds is 6. The normalized spacial score (nSPS) is 13.4. The van der Waals surface area contributed by atoms with Crippen LogP contribution in [0.3, 0.4) is 0 Å². The average Bonchev–Trinajstić information content (AvgIpc) is 2.70. The van der Waals surface area contributed by atoms with Gasteiger partial charge in [-0.3, -0.25) is 0 Å². The molecule has 3 heteroatoms. The van der Waals surface area contributed by atoms with Crippen LogP contribution < -0.4 is 0 Å². The van der Waals surface area contributed by atoms with Crippen LogP contribution >= 0.6 is 6.83 Å². The molecule has 3 rings (SSSR count). The van der Waals surface area contributed by atoms with Crippen molar-refractivity contribution in [3.63, 3.8) is 0 Å². The van der Waals surface area contributed by atoms with E-state index in [9.17, 15) is 4.79 Å². The quantitative estimate of drug-likeness (QED) is 0.364. The van der Waals surface area contributed by atoms with Crippen LogP contribution in [0.4, 0.5) is 0 Å². The average molecular weight is 392 g/mol. The van der Waals surface area contributed by atoms with Crippen LogP contribution in [0.15, 0.2) is 91.0 Å². The predicted octanol–water partition coefficient (Wildman–Crippen LogP) is 6.29. The van der Waals surface area contributed by atoms with E-state index >= 15 is 0 Å². The molecule has 0 saturated carbocycles. The van der Waals surface area contributed by atoms with Crippen molar-refractivity contribution < 1.29 is 9.32 Å². The Morgan fingerprint density at radius 3 is 1.32 bits per heavy atom. The fourth-order valence-electron chi connectivity index (χ4n) is 4.35. The summed E-state index contributed by atoms with van der Waals surface area (Å²) in [6, 6.07) is 31.3. The molecule has 0 radical (unpaired) electrons. The Bertz CT molecular complexity index is 829. The molecular weight excluding hydrogens is 363 g/mol. The summed E-state index contributed by atoms with van der Waals surface area (Å²) in [5.41, 5.74) is 3.42. The Balaban J connectivity index is 2.46. The Labute approximate surface area is 168 Å². The molecule has 3 aromatic carbocycles. The maximum atomic E-state index is 12.6. The maximum absolute atomic E-state index is 12.6. The van der Waals surface area contributed by atoms with Gasteiger partial charge in [0.2, 0.25) is 0 Å². The van der Waals surface area contributed by atoms with Crippen LogP contribution in [0.25, 0.3) is 0 Å². The SMILES string of the molecule is CCC(=O)OP(C)(C)(C)C(c1ccccc1)(c1ccccc1)c1ccccc1. The van der Waals surface area contributed by atoms with Gasteiger partial charge in [0.05, 0.1) is 0 Å². The molecule has 28 heavy (non-hydrogen) atoms. The fourth-order valence-corrected chi connectivity index (χ4v) is 8.41. The Kier molecular flexibility index (Phi) is 5.46. The molecule has 0 fully saturated rings. The van der Waals surface area contributed by atoms with Crippen molar-refractivity contribution in [1.82, 2.24) is 0 Å². The summed E-state index contributed by atoms with van der Waals surface area (Å²) in [7, 11) is 0. The van der Waals surface area contributed by atoms with Crippen molar-refractivity contribution in [2.75, 3.05) is 20.0 Å². The van der Waals surface area contributed by atoms with E-state index in [4.69, 9.17) is 4.52 Å². The van der Waals surface area contributed by atoms with E-state index in [2.05, 4.69) is 92.8 Å². The Morgan fingerprint density at radius 1 is 0.714 bits per heavy atom. The first-order valence-electron chi connectivity index (χ1n) is 9.70. The van der Waals surface area contributed by atoms with E-state index in [-0.39, 0.29) is 5.97 Å². The minimum atomic E-state index is -3.14. The molecule has 0 aliphatic heterocycles. The Hall–Kier alpha value is -2.44. The van der Waals surface area contributed by atoms with Gasteiger partial charge >= 0.3 is 168 Å². The van der Waals surface area contributed by atoms with Crippen LogP contribution in [-0.2, 0) is 14.5 Å². The van der Waals surface area contributed by atoms with Gasteiger partial charge in [0, 0.05) is 0 Å². The number of benzene rings is 3. The molecule has 2 nitrogen and oxygen atoms in total. The van der Waals surface area contributed by atoms with Crippen LogP contribution in [0.5, 0.6) is 0 Å². The first-order chi connectivity index (χ1) is 13.3. The van der Waals surface area contributed by atoms with Crippen LogP contribution in [0.2, 0.25) is 0 Å². The van der Waals surface area contributed by atoms with Gasteiger partial charge in [0.1, 0.15) is 0 Å². The van der Waals surface area contributed by atoms with E-state index in [0.29, 0.717) is 6.42 Å². The molecule has 0 saturated heterocycles. The number of carbonyl (C=O) groups excluding carboxylic acids is 1. The van der Waals surface area contributed by atoms with Gasteiger partial charge in [-0.05, 0) is 0 Å². The monoisotopic (exact) mass is 392 g/mol.